The number of H-pyrrole nitrogens is 1. The number of aryl methyl sites for hydroxylation is 3. The quantitative estimate of drug-likeness (QED) is 0.812. The largest absolute Gasteiger partial charge is 0.478 e. The molecule has 0 unspecified atom stereocenters. The average molecular weight is 217 g/mol. The molecule has 3 nitrogen and oxygen atoms in total. The highest BCUT2D eigenvalue weighted by atomic mass is 16.4. The predicted molar refractivity (Wildman–Crippen MR) is 64.1 cm³/mol. The zero-order valence-electron chi connectivity index (χ0n) is 9.72. The lowest BCUT2D eigenvalue weighted by Crippen LogP contribution is -1.96. The van der Waals surface area contributed by atoms with E-state index in [1.807, 2.05) is 13.8 Å². The summed E-state index contributed by atoms with van der Waals surface area (Å²) in [7, 11) is 0. The first-order valence-electron chi connectivity index (χ1n) is 5.39. The lowest BCUT2D eigenvalue weighted by molar-refractivity contribution is 0.0697. The fraction of sp³-hybridized carbons (Fsp3) is 0.308. The second-order valence-electron chi connectivity index (χ2n) is 4.10. The second kappa shape index (κ2) is 3.67. The van der Waals surface area contributed by atoms with Gasteiger partial charge >= 0.3 is 5.97 Å². The number of aromatic carboxylic acids is 1. The van der Waals surface area contributed by atoms with Crippen LogP contribution in [0.15, 0.2) is 12.1 Å². The molecule has 16 heavy (non-hydrogen) atoms. The highest BCUT2D eigenvalue weighted by Gasteiger charge is 2.12. The molecule has 0 aliphatic carbocycles. The Morgan fingerprint density at radius 1 is 1.38 bits per heavy atom. The summed E-state index contributed by atoms with van der Waals surface area (Å²) in [6, 6.07) is 3.45. The summed E-state index contributed by atoms with van der Waals surface area (Å²) < 4.78 is 0. The first-order chi connectivity index (χ1) is 7.54. The molecular weight excluding hydrogens is 202 g/mol. The smallest absolute Gasteiger partial charge is 0.335 e. The molecule has 84 valence electrons. The summed E-state index contributed by atoms with van der Waals surface area (Å²) in [5.41, 5.74) is 4.73. The van der Waals surface area contributed by atoms with Gasteiger partial charge < -0.3 is 10.1 Å². The van der Waals surface area contributed by atoms with Gasteiger partial charge in [-0.1, -0.05) is 6.92 Å². The van der Waals surface area contributed by atoms with Gasteiger partial charge in [0.25, 0.3) is 0 Å². The lowest BCUT2D eigenvalue weighted by Gasteiger charge is -2.00. The van der Waals surface area contributed by atoms with Crippen molar-refractivity contribution in [3.8, 4) is 0 Å². The Bertz CT molecular complexity index is 567. The van der Waals surface area contributed by atoms with Crippen LogP contribution in [0.1, 0.15) is 34.1 Å². The standard InChI is InChI=1S/C13H15NO2/c1-4-11-8(3)10-6-9(13(15)16)5-7(2)12(10)14-11/h5-6,14H,4H2,1-3H3,(H,15,16). The van der Waals surface area contributed by atoms with E-state index in [0.29, 0.717) is 5.56 Å². The zero-order chi connectivity index (χ0) is 11.9. The van der Waals surface area contributed by atoms with Gasteiger partial charge in [-0.05, 0) is 43.5 Å². The molecule has 2 N–H and O–H groups in total. The Hall–Kier alpha value is -1.77. The van der Waals surface area contributed by atoms with Gasteiger partial charge in [0.2, 0.25) is 0 Å². The van der Waals surface area contributed by atoms with E-state index in [0.717, 1.165) is 28.5 Å². The normalized spacial score (nSPS) is 10.9. The molecule has 0 saturated carbocycles. The number of nitrogens with one attached hydrogen (secondary N) is 1. The molecule has 0 bridgehead atoms. The number of aromatic nitrogens is 1. The van der Waals surface area contributed by atoms with E-state index in [2.05, 4.69) is 11.9 Å². The molecule has 2 aromatic rings. The molecular formula is C13H15NO2. The topological polar surface area (TPSA) is 53.1 Å². The first kappa shape index (κ1) is 10.7. The van der Waals surface area contributed by atoms with Crippen molar-refractivity contribution in [3.63, 3.8) is 0 Å². The number of aromatic amines is 1. The molecule has 1 aromatic carbocycles. The molecule has 2 rings (SSSR count). The van der Waals surface area contributed by atoms with Crippen molar-refractivity contribution in [2.75, 3.05) is 0 Å². The maximum absolute atomic E-state index is 11.0. The molecule has 3 heteroatoms. The maximum atomic E-state index is 11.0. The number of carboxylic acid groups (broad SMARTS) is 1. The van der Waals surface area contributed by atoms with Crippen molar-refractivity contribution in [3.05, 3.63) is 34.5 Å². The summed E-state index contributed by atoms with van der Waals surface area (Å²) in [6.07, 6.45) is 0.933. The molecule has 0 radical (unpaired) electrons. The van der Waals surface area contributed by atoms with E-state index in [-0.39, 0.29) is 0 Å². The molecule has 0 aliphatic rings. The number of fused-ring (bicyclic) bond motifs is 1. The van der Waals surface area contributed by atoms with Gasteiger partial charge in [0.15, 0.2) is 0 Å². The van der Waals surface area contributed by atoms with Crippen LogP contribution < -0.4 is 0 Å². The van der Waals surface area contributed by atoms with Crippen LogP contribution in [0.2, 0.25) is 0 Å². The fourth-order valence-electron chi connectivity index (χ4n) is 2.13. The van der Waals surface area contributed by atoms with Crippen LogP contribution in [0.3, 0.4) is 0 Å². The van der Waals surface area contributed by atoms with E-state index >= 15 is 0 Å². The summed E-state index contributed by atoms with van der Waals surface area (Å²) >= 11 is 0. The minimum Gasteiger partial charge on any atom is -0.478 e. The molecule has 1 aromatic heterocycles. The van der Waals surface area contributed by atoms with Crippen LogP contribution in [-0.2, 0) is 6.42 Å². The number of hydrogen-bond donors (Lipinski definition) is 2. The first-order valence-corrected chi connectivity index (χ1v) is 5.39. The summed E-state index contributed by atoms with van der Waals surface area (Å²) in [4.78, 5) is 14.3. The number of rotatable bonds is 2. The highest BCUT2D eigenvalue weighted by molar-refractivity contribution is 5.96. The van der Waals surface area contributed by atoms with Crippen molar-refractivity contribution < 1.29 is 9.90 Å². The monoisotopic (exact) mass is 217 g/mol. The molecule has 0 saturated heterocycles. The van der Waals surface area contributed by atoms with E-state index in [4.69, 9.17) is 5.11 Å². The number of carbonyl (C=O) groups is 1. The lowest BCUT2D eigenvalue weighted by atomic mass is 10.0. The van der Waals surface area contributed by atoms with Crippen molar-refractivity contribution >= 4 is 16.9 Å². The Morgan fingerprint density at radius 2 is 2.06 bits per heavy atom. The number of carboxylic acids is 1. The highest BCUT2D eigenvalue weighted by Crippen LogP contribution is 2.26. The van der Waals surface area contributed by atoms with Gasteiger partial charge in [-0.3, -0.25) is 0 Å². The Kier molecular flexibility index (Phi) is 2.46. The average Bonchev–Trinajstić information content (AvgIpc) is 2.56. The van der Waals surface area contributed by atoms with Gasteiger partial charge in [-0.2, -0.15) is 0 Å². The van der Waals surface area contributed by atoms with Crippen LogP contribution in [0, 0.1) is 13.8 Å². The van der Waals surface area contributed by atoms with E-state index in [9.17, 15) is 4.79 Å². The molecule has 0 fully saturated rings. The fourth-order valence-corrected chi connectivity index (χ4v) is 2.13. The minimum absolute atomic E-state index is 0.356. The summed E-state index contributed by atoms with van der Waals surface area (Å²) in [6.45, 7) is 6.05. The second-order valence-corrected chi connectivity index (χ2v) is 4.10. The third-order valence-corrected chi connectivity index (χ3v) is 3.07. The molecule has 0 spiro atoms. The Balaban J connectivity index is 2.80. The Labute approximate surface area is 94.1 Å². The van der Waals surface area contributed by atoms with Gasteiger partial charge in [0.1, 0.15) is 0 Å². The number of benzene rings is 1. The molecule has 0 amide bonds. The van der Waals surface area contributed by atoms with Crippen LogP contribution >= 0.6 is 0 Å². The third-order valence-electron chi connectivity index (χ3n) is 3.07. The van der Waals surface area contributed by atoms with Crippen LogP contribution in [0.25, 0.3) is 10.9 Å². The molecule has 1 heterocycles. The summed E-state index contributed by atoms with van der Waals surface area (Å²) in [5.74, 6) is -0.872. The van der Waals surface area contributed by atoms with Crippen molar-refractivity contribution in [2.24, 2.45) is 0 Å². The van der Waals surface area contributed by atoms with Crippen molar-refractivity contribution in [1.82, 2.24) is 4.98 Å². The maximum Gasteiger partial charge on any atom is 0.335 e. The molecule has 0 atom stereocenters. The van der Waals surface area contributed by atoms with Gasteiger partial charge in [0.05, 0.1) is 5.56 Å². The van der Waals surface area contributed by atoms with E-state index in [1.54, 1.807) is 12.1 Å². The summed E-state index contributed by atoms with van der Waals surface area (Å²) in [5, 5.41) is 10.0. The van der Waals surface area contributed by atoms with Gasteiger partial charge in [-0.15, -0.1) is 0 Å². The minimum atomic E-state index is -0.872. The molecule has 0 aliphatic heterocycles. The van der Waals surface area contributed by atoms with E-state index < -0.39 is 5.97 Å². The van der Waals surface area contributed by atoms with Gasteiger partial charge in [0, 0.05) is 16.6 Å². The van der Waals surface area contributed by atoms with Crippen LogP contribution in [0.5, 0.6) is 0 Å². The van der Waals surface area contributed by atoms with Gasteiger partial charge in [-0.25, -0.2) is 4.79 Å². The Morgan fingerprint density at radius 3 is 2.62 bits per heavy atom. The van der Waals surface area contributed by atoms with Crippen LogP contribution in [0.4, 0.5) is 0 Å². The zero-order valence-corrected chi connectivity index (χ0v) is 9.72. The number of hydrogen-bond acceptors (Lipinski definition) is 1. The van der Waals surface area contributed by atoms with Crippen LogP contribution in [-0.4, -0.2) is 16.1 Å². The van der Waals surface area contributed by atoms with Crippen molar-refractivity contribution in [1.29, 1.82) is 0 Å². The third kappa shape index (κ3) is 1.48. The van der Waals surface area contributed by atoms with Crippen molar-refractivity contribution in [2.45, 2.75) is 27.2 Å². The SMILES string of the molecule is CCc1[nH]c2c(C)cc(C(=O)O)cc2c1C. The predicted octanol–water partition coefficient (Wildman–Crippen LogP) is 3.05. The van der Waals surface area contributed by atoms with E-state index in [1.165, 1.54) is 5.69 Å².